The van der Waals surface area contributed by atoms with Gasteiger partial charge in [-0.15, -0.1) is 11.6 Å². The maximum absolute atomic E-state index is 6.72. The number of hydrogen-bond donors (Lipinski definition) is 0. The zero-order chi connectivity index (χ0) is 13.4. The fourth-order valence-corrected chi connectivity index (χ4v) is 4.69. The van der Waals surface area contributed by atoms with Crippen LogP contribution in [0.2, 0.25) is 0 Å². The fraction of sp³-hybridized carbons (Fsp3) is 0.625. The van der Waals surface area contributed by atoms with Gasteiger partial charge in [0.15, 0.2) is 0 Å². The van der Waals surface area contributed by atoms with Crippen molar-refractivity contribution in [1.29, 1.82) is 0 Å². The lowest BCUT2D eigenvalue weighted by Crippen LogP contribution is -1.98. The lowest BCUT2D eigenvalue weighted by Gasteiger charge is -2.12. The predicted octanol–water partition coefficient (Wildman–Crippen LogP) is 5.56. The molecule has 0 saturated heterocycles. The Morgan fingerprint density at radius 3 is 2.58 bits per heavy atom. The maximum atomic E-state index is 6.72. The van der Waals surface area contributed by atoms with Crippen LogP contribution in [0.1, 0.15) is 43.5 Å². The molecule has 3 rings (SSSR count). The lowest BCUT2D eigenvalue weighted by molar-refractivity contribution is 0.338. The van der Waals surface area contributed by atoms with Crippen LogP contribution in [0.15, 0.2) is 22.7 Å². The number of rotatable bonds is 4. The molecule has 2 aliphatic carbocycles. The van der Waals surface area contributed by atoms with Crippen molar-refractivity contribution in [2.45, 2.75) is 38.0 Å². The summed E-state index contributed by atoms with van der Waals surface area (Å²) in [5.41, 5.74) is 1.23. The summed E-state index contributed by atoms with van der Waals surface area (Å²) in [5, 5.41) is 0.167. The standard InChI is InChI=1S/C16H20BrClO/c1-2-19-14-8-7-10(9-13(14)17)16(18)15-11-5-3-4-6-12(11)15/h7-9,11-12,15-16H,2-6H2,1H3. The van der Waals surface area contributed by atoms with Crippen LogP contribution in [0.5, 0.6) is 5.75 Å². The Kier molecular flexibility index (Phi) is 4.09. The second-order valence-electron chi connectivity index (χ2n) is 5.71. The Balaban J connectivity index is 1.73. The van der Waals surface area contributed by atoms with E-state index in [1.54, 1.807) is 0 Å². The van der Waals surface area contributed by atoms with Crippen LogP contribution >= 0.6 is 27.5 Å². The molecule has 0 radical (unpaired) electrons. The molecule has 1 nitrogen and oxygen atoms in total. The molecule has 3 atom stereocenters. The fourth-order valence-electron chi connectivity index (χ4n) is 3.67. The summed E-state index contributed by atoms with van der Waals surface area (Å²) in [4.78, 5) is 0. The second kappa shape index (κ2) is 5.65. The molecule has 2 aliphatic rings. The average Bonchev–Trinajstić information content (AvgIpc) is 3.15. The molecule has 19 heavy (non-hydrogen) atoms. The van der Waals surface area contributed by atoms with Crippen molar-refractivity contribution < 1.29 is 4.74 Å². The van der Waals surface area contributed by atoms with Gasteiger partial charge in [-0.2, -0.15) is 0 Å². The minimum absolute atomic E-state index is 0.167. The van der Waals surface area contributed by atoms with Crippen molar-refractivity contribution in [2.75, 3.05) is 6.61 Å². The van der Waals surface area contributed by atoms with Gasteiger partial charge in [-0.05, 0) is 71.1 Å². The van der Waals surface area contributed by atoms with E-state index in [1.165, 1.54) is 31.2 Å². The van der Waals surface area contributed by atoms with Crippen LogP contribution in [0.3, 0.4) is 0 Å². The third-order valence-corrected chi connectivity index (χ3v) is 5.80. The molecule has 1 aromatic carbocycles. The summed E-state index contributed by atoms with van der Waals surface area (Å²) in [7, 11) is 0. The van der Waals surface area contributed by atoms with E-state index in [4.69, 9.17) is 16.3 Å². The Bertz CT molecular complexity index is 450. The van der Waals surface area contributed by atoms with Crippen LogP contribution in [-0.2, 0) is 0 Å². The zero-order valence-corrected chi connectivity index (χ0v) is 13.6. The number of hydrogen-bond acceptors (Lipinski definition) is 1. The quantitative estimate of drug-likeness (QED) is 0.650. The Hall–Kier alpha value is -0.210. The summed E-state index contributed by atoms with van der Waals surface area (Å²) in [6, 6.07) is 6.29. The average molecular weight is 344 g/mol. The third kappa shape index (κ3) is 2.67. The lowest BCUT2D eigenvalue weighted by atomic mass is 10.0. The first-order valence-corrected chi connectivity index (χ1v) is 8.51. The van der Waals surface area contributed by atoms with Gasteiger partial charge < -0.3 is 4.74 Å². The molecule has 0 N–H and O–H groups in total. The van der Waals surface area contributed by atoms with E-state index in [0.29, 0.717) is 12.5 Å². The van der Waals surface area contributed by atoms with Gasteiger partial charge in [0.05, 0.1) is 16.5 Å². The highest BCUT2D eigenvalue weighted by Gasteiger charge is 2.53. The van der Waals surface area contributed by atoms with Gasteiger partial charge in [0.1, 0.15) is 5.75 Å². The van der Waals surface area contributed by atoms with E-state index in [0.717, 1.165) is 22.1 Å². The largest absolute Gasteiger partial charge is 0.493 e. The van der Waals surface area contributed by atoms with E-state index < -0.39 is 0 Å². The first-order valence-electron chi connectivity index (χ1n) is 7.28. The summed E-state index contributed by atoms with van der Waals surface area (Å²) in [5.74, 6) is 3.39. The van der Waals surface area contributed by atoms with Gasteiger partial charge in [-0.25, -0.2) is 0 Å². The molecule has 0 heterocycles. The van der Waals surface area contributed by atoms with Crippen molar-refractivity contribution in [3.8, 4) is 5.75 Å². The topological polar surface area (TPSA) is 9.23 Å². The molecule has 104 valence electrons. The van der Waals surface area contributed by atoms with Crippen LogP contribution in [-0.4, -0.2) is 6.61 Å². The summed E-state index contributed by atoms with van der Waals surface area (Å²) < 4.78 is 6.57. The normalized spacial score (nSPS) is 30.6. The molecule has 3 heteroatoms. The molecule has 0 bridgehead atoms. The minimum Gasteiger partial charge on any atom is -0.493 e. The van der Waals surface area contributed by atoms with Crippen LogP contribution < -0.4 is 4.74 Å². The first-order chi connectivity index (χ1) is 9.22. The van der Waals surface area contributed by atoms with Crippen molar-refractivity contribution >= 4 is 27.5 Å². The highest BCUT2D eigenvalue weighted by atomic mass is 79.9. The van der Waals surface area contributed by atoms with Crippen LogP contribution in [0, 0.1) is 17.8 Å². The van der Waals surface area contributed by atoms with E-state index in [-0.39, 0.29) is 5.38 Å². The molecule has 0 amide bonds. The minimum atomic E-state index is 0.167. The van der Waals surface area contributed by atoms with Gasteiger partial charge in [0, 0.05) is 0 Å². The molecule has 0 spiro atoms. The van der Waals surface area contributed by atoms with Crippen LogP contribution in [0.4, 0.5) is 0 Å². The number of fused-ring (bicyclic) bond motifs is 1. The second-order valence-corrected chi connectivity index (χ2v) is 7.04. The van der Waals surface area contributed by atoms with Crippen molar-refractivity contribution in [2.24, 2.45) is 17.8 Å². The molecule has 0 aromatic heterocycles. The van der Waals surface area contributed by atoms with E-state index >= 15 is 0 Å². The molecule has 0 aliphatic heterocycles. The number of benzene rings is 1. The maximum Gasteiger partial charge on any atom is 0.133 e. The van der Waals surface area contributed by atoms with E-state index in [1.807, 2.05) is 13.0 Å². The van der Waals surface area contributed by atoms with Crippen molar-refractivity contribution in [3.63, 3.8) is 0 Å². The van der Waals surface area contributed by atoms with E-state index in [9.17, 15) is 0 Å². The highest BCUT2D eigenvalue weighted by molar-refractivity contribution is 9.10. The number of alkyl halides is 1. The summed E-state index contributed by atoms with van der Waals surface area (Å²) >= 11 is 10.3. The Morgan fingerprint density at radius 2 is 2.00 bits per heavy atom. The van der Waals surface area contributed by atoms with Gasteiger partial charge in [0.2, 0.25) is 0 Å². The predicted molar refractivity (Wildman–Crippen MR) is 82.8 cm³/mol. The zero-order valence-electron chi connectivity index (χ0n) is 11.2. The highest BCUT2D eigenvalue weighted by Crippen LogP contribution is 2.62. The summed E-state index contributed by atoms with van der Waals surface area (Å²) in [6.07, 6.45) is 5.57. The monoisotopic (exact) mass is 342 g/mol. The Labute approximate surface area is 128 Å². The van der Waals surface area contributed by atoms with E-state index in [2.05, 4.69) is 28.1 Å². The number of halogens is 2. The van der Waals surface area contributed by atoms with Crippen molar-refractivity contribution in [1.82, 2.24) is 0 Å². The number of ether oxygens (including phenoxy) is 1. The summed E-state index contributed by atoms with van der Waals surface area (Å²) in [6.45, 7) is 2.69. The first kappa shape index (κ1) is 13.8. The molecule has 3 unspecified atom stereocenters. The molecule has 2 saturated carbocycles. The molecule has 1 aromatic rings. The molecular formula is C16H20BrClO. The smallest absolute Gasteiger partial charge is 0.133 e. The third-order valence-electron chi connectivity index (χ3n) is 4.63. The van der Waals surface area contributed by atoms with Crippen molar-refractivity contribution in [3.05, 3.63) is 28.2 Å². The Morgan fingerprint density at radius 1 is 1.32 bits per heavy atom. The SMILES string of the molecule is CCOc1ccc(C(Cl)C2C3CCCCC32)cc1Br. The van der Waals surface area contributed by atoms with Gasteiger partial charge in [0.25, 0.3) is 0 Å². The molecule has 2 fully saturated rings. The molecular weight excluding hydrogens is 324 g/mol. The van der Waals surface area contributed by atoms with Gasteiger partial charge in [-0.3, -0.25) is 0 Å². The van der Waals surface area contributed by atoms with Gasteiger partial charge >= 0.3 is 0 Å². The van der Waals surface area contributed by atoms with Gasteiger partial charge in [-0.1, -0.05) is 18.9 Å². The van der Waals surface area contributed by atoms with Crippen LogP contribution in [0.25, 0.3) is 0 Å².